The highest BCUT2D eigenvalue weighted by atomic mass is 35.5. The molecule has 1 fully saturated rings. The lowest BCUT2D eigenvalue weighted by Crippen LogP contribution is -2.29. The maximum Gasteiger partial charge on any atom is 0.132 e. The van der Waals surface area contributed by atoms with Gasteiger partial charge in [0.05, 0.1) is 0 Å². The van der Waals surface area contributed by atoms with Gasteiger partial charge >= 0.3 is 0 Å². The summed E-state index contributed by atoms with van der Waals surface area (Å²) in [6.45, 7) is 2.17. The van der Waals surface area contributed by atoms with E-state index in [1.165, 1.54) is 17.7 Å². The second-order valence-corrected chi connectivity index (χ2v) is 6.25. The molecule has 1 aliphatic rings. The molecule has 0 aliphatic carbocycles. The molecular weight excluding hydrogens is 301 g/mol. The van der Waals surface area contributed by atoms with Crippen LogP contribution in [-0.4, -0.2) is 25.0 Å². The second-order valence-electron chi connectivity index (χ2n) is 5.82. The fraction of sp³-hybridized carbons (Fsp3) is 0.333. The number of rotatable bonds is 3. The van der Waals surface area contributed by atoms with Gasteiger partial charge in [0.15, 0.2) is 0 Å². The van der Waals surface area contributed by atoms with Gasteiger partial charge in [0, 0.05) is 5.02 Å². The van der Waals surface area contributed by atoms with Crippen LogP contribution in [0.4, 0.5) is 4.39 Å². The number of halogens is 2. The maximum absolute atomic E-state index is 13.0. The summed E-state index contributed by atoms with van der Waals surface area (Å²) in [6.07, 6.45) is 2.22. The van der Waals surface area contributed by atoms with Crippen LogP contribution in [-0.2, 0) is 0 Å². The summed E-state index contributed by atoms with van der Waals surface area (Å²) in [5.74, 6) is 1.60. The van der Waals surface area contributed by atoms with E-state index in [0.717, 1.165) is 31.7 Å². The fourth-order valence-electron chi connectivity index (χ4n) is 2.88. The van der Waals surface area contributed by atoms with Crippen molar-refractivity contribution in [2.75, 3.05) is 20.1 Å². The average Bonchev–Trinajstić information content (AvgIpc) is 2.51. The molecular formula is C18H19ClFNO. The molecule has 22 heavy (non-hydrogen) atoms. The van der Waals surface area contributed by atoms with E-state index in [2.05, 4.69) is 18.0 Å². The molecule has 1 aliphatic heterocycles. The van der Waals surface area contributed by atoms with Crippen LogP contribution in [0.1, 0.15) is 24.3 Å². The Labute approximate surface area is 135 Å². The Morgan fingerprint density at radius 2 is 1.77 bits per heavy atom. The number of hydrogen-bond donors (Lipinski definition) is 0. The van der Waals surface area contributed by atoms with Crippen LogP contribution in [0, 0.1) is 5.82 Å². The van der Waals surface area contributed by atoms with E-state index < -0.39 is 0 Å². The summed E-state index contributed by atoms with van der Waals surface area (Å²) >= 11 is 6.12. The molecule has 0 unspecified atom stereocenters. The highest BCUT2D eigenvalue weighted by Gasteiger charge is 2.22. The normalized spacial score (nSPS) is 16.7. The molecule has 4 heteroatoms. The van der Waals surface area contributed by atoms with E-state index in [1.54, 1.807) is 12.1 Å². The predicted molar refractivity (Wildman–Crippen MR) is 87.4 cm³/mol. The van der Waals surface area contributed by atoms with E-state index in [-0.39, 0.29) is 5.82 Å². The lowest BCUT2D eigenvalue weighted by Gasteiger charge is -2.30. The van der Waals surface area contributed by atoms with E-state index in [1.807, 2.05) is 12.1 Å². The molecule has 0 bridgehead atoms. The quantitative estimate of drug-likeness (QED) is 0.782. The maximum atomic E-state index is 13.0. The van der Waals surface area contributed by atoms with Gasteiger partial charge in [-0.25, -0.2) is 4.39 Å². The van der Waals surface area contributed by atoms with Gasteiger partial charge in [0.2, 0.25) is 0 Å². The van der Waals surface area contributed by atoms with Crippen LogP contribution in [0.15, 0.2) is 42.5 Å². The first-order chi connectivity index (χ1) is 10.6. The molecule has 0 atom stereocenters. The standard InChI is InChI=1S/C18H19ClFNO/c1-21-10-8-13(9-11-21)17-7-2-14(19)12-18(17)22-16-5-3-15(20)4-6-16/h2-7,12-13H,8-11H2,1H3. The summed E-state index contributed by atoms with van der Waals surface area (Å²) in [6, 6.07) is 11.9. The van der Waals surface area contributed by atoms with Crippen LogP contribution >= 0.6 is 11.6 Å². The summed E-state index contributed by atoms with van der Waals surface area (Å²) in [7, 11) is 2.15. The Morgan fingerprint density at radius 3 is 2.45 bits per heavy atom. The van der Waals surface area contributed by atoms with Crippen molar-refractivity contribution in [3.63, 3.8) is 0 Å². The first-order valence-corrected chi connectivity index (χ1v) is 7.91. The van der Waals surface area contributed by atoms with Gasteiger partial charge in [-0.2, -0.15) is 0 Å². The zero-order valence-corrected chi connectivity index (χ0v) is 13.3. The van der Waals surface area contributed by atoms with Crippen LogP contribution in [0.3, 0.4) is 0 Å². The molecule has 1 heterocycles. The van der Waals surface area contributed by atoms with Crippen LogP contribution in [0.25, 0.3) is 0 Å². The lowest BCUT2D eigenvalue weighted by molar-refractivity contribution is 0.253. The third kappa shape index (κ3) is 3.60. The van der Waals surface area contributed by atoms with Crippen molar-refractivity contribution in [2.45, 2.75) is 18.8 Å². The zero-order valence-electron chi connectivity index (χ0n) is 12.6. The van der Waals surface area contributed by atoms with Crippen molar-refractivity contribution < 1.29 is 9.13 Å². The number of piperidine rings is 1. The van der Waals surface area contributed by atoms with E-state index >= 15 is 0 Å². The van der Waals surface area contributed by atoms with E-state index in [4.69, 9.17) is 16.3 Å². The van der Waals surface area contributed by atoms with Gasteiger partial charge in [-0.1, -0.05) is 17.7 Å². The minimum absolute atomic E-state index is 0.269. The second kappa shape index (κ2) is 6.67. The largest absolute Gasteiger partial charge is 0.457 e. The fourth-order valence-corrected chi connectivity index (χ4v) is 3.05. The number of hydrogen-bond acceptors (Lipinski definition) is 2. The molecule has 0 saturated carbocycles. The highest BCUT2D eigenvalue weighted by Crippen LogP contribution is 2.37. The van der Waals surface area contributed by atoms with Crippen molar-refractivity contribution in [3.05, 3.63) is 58.9 Å². The Balaban J connectivity index is 1.86. The van der Waals surface area contributed by atoms with Crippen molar-refractivity contribution in [2.24, 2.45) is 0 Å². The number of likely N-dealkylation sites (tertiary alicyclic amines) is 1. The van der Waals surface area contributed by atoms with Crippen molar-refractivity contribution in [3.8, 4) is 11.5 Å². The Hall–Kier alpha value is -1.58. The first-order valence-electron chi connectivity index (χ1n) is 7.53. The molecule has 2 aromatic carbocycles. The minimum atomic E-state index is -0.269. The van der Waals surface area contributed by atoms with Crippen molar-refractivity contribution in [1.82, 2.24) is 4.90 Å². The third-order valence-corrected chi connectivity index (χ3v) is 4.41. The molecule has 0 amide bonds. The van der Waals surface area contributed by atoms with E-state index in [9.17, 15) is 4.39 Å². The molecule has 1 saturated heterocycles. The molecule has 0 aromatic heterocycles. The SMILES string of the molecule is CN1CCC(c2ccc(Cl)cc2Oc2ccc(F)cc2)CC1. The Kier molecular flexibility index (Phi) is 4.65. The minimum Gasteiger partial charge on any atom is -0.457 e. The Bertz CT molecular complexity index is 636. The first kappa shape index (κ1) is 15.3. The molecule has 2 aromatic rings. The molecule has 2 nitrogen and oxygen atoms in total. The summed E-state index contributed by atoms with van der Waals surface area (Å²) in [5, 5.41) is 0.647. The predicted octanol–water partition coefficient (Wildman–Crippen LogP) is 5.08. The number of ether oxygens (including phenoxy) is 1. The summed E-state index contributed by atoms with van der Waals surface area (Å²) < 4.78 is 19.0. The number of nitrogens with zero attached hydrogens (tertiary/aromatic N) is 1. The average molecular weight is 320 g/mol. The van der Waals surface area contributed by atoms with Gasteiger partial charge in [-0.3, -0.25) is 0 Å². The topological polar surface area (TPSA) is 12.5 Å². The van der Waals surface area contributed by atoms with Gasteiger partial charge in [0.25, 0.3) is 0 Å². The van der Waals surface area contributed by atoms with Crippen LogP contribution in [0.2, 0.25) is 5.02 Å². The smallest absolute Gasteiger partial charge is 0.132 e. The van der Waals surface area contributed by atoms with Gasteiger partial charge in [-0.15, -0.1) is 0 Å². The monoisotopic (exact) mass is 319 g/mol. The molecule has 0 spiro atoms. The molecule has 116 valence electrons. The molecule has 3 rings (SSSR count). The molecule has 0 N–H and O–H groups in total. The lowest BCUT2D eigenvalue weighted by atomic mass is 9.89. The van der Waals surface area contributed by atoms with Gasteiger partial charge in [-0.05, 0) is 80.9 Å². The highest BCUT2D eigenvalue weighted by molar-refractivity contribution is 6.30. The summed E-state index contributed by atoms with van der Waals surface area (Å²) in [4.78, 5) is 2.34. The third-order valence-electron chi connectivity index (χ3n) is 4.18. The summed E-state index contributed by atoms with van der Waals surface area (Å²) in [5.41, 5.74) is 1.18. The van der Waals surface area contributed by atoms with E-state index in [0.29, 0.717) is 16.7 Å². The number of benzene rings is 2. The van der Waals surface area contributed by atoms with Crippen molar-refractivity contribution in [1.29, 1.82) is 0 Å². The van der Waals surface area contributed by atoms with Crippen LogP contribution in [0.5, 0.6) is 11.5 Å². The van der Waals surface area contributed by atoms with Gasteiger partial charge < -0.3 is 9.64 Å². The zero-order chi connectivity index (χ0) is 15.5. The van der Waals surface area contributed by atoms with Crippen LogP contribution < -0.4 is 4.74 Å². The van der Waals surface area contributed by atoms with Crippen molar-refractivity contribution >= 4 is 11.6 Å². The molecule has 0 radical (unpaired) electrons. The Morgan fingerprint density at radius 1 is 1.09 bits per heavy atom. The van der Waals surface area contributed by atoms with Gasteiger partial charge in [0.1, 0.15) is 17.3 Å².